The molecule has 3 N–H and O–H groups in total. The lowest BCUT2D eigenvalue weighted by molar-refractivity contribution is 1.72. The van der Waals surface area contributed by atoms with E-state index in [1.807, 2.05) is 36.4 Å². The predicted molar refractivity (Wildman–Crippen MR) is 41.8 cm³/mol. The van der Waals surface area contributed by atoms with E-state index < -0.39 is 0 Å². The minimum atomic E-state index is 0. The summed E-state index contributed by atoms with van der Waals surface area (Å²) in [6.45, 7) is 0. The molecule has 0 unspecified atom stereocenters. The van der Waals surface area contributed by atoms with Gasteiger partial charge in [0.15, 0.2) is 0 Å². The highest BCUT2D eigenvalue weighted by Crippen LogP contribution is 1.79. The van der Waals surface area contributed by atoms with E-state index in [2.05, 4.69) is 0 Å². The van der Waals surface area contributed by atoms with Crippen LogP contribution in [0.3, 0.4) is 0 Å². The second-order valence-electron chi connectivity index (χ2n) is 1.15. The summed E-state index contributed by atoms with van der Waals surface area (Å²) in [6, 6.07) is 12.0. The van der Waals surface area contributed by atoms with Crippen LogP contribution in [0.25, 0.3) is 0 Å². The molecule has 0 aliphatic heterocycles. The topological polar surface area (TPSA) is 35.0 Å². The summed E-state index contributed by atoms with van der Waals surface area (Å²) >= 11 is 0. The Labute approximate surface area is 56.8 Å². The van der Waals surface area contributed by atoms with Crippen LogP contribution >= 0.6 is 13.5 Å². The second kappa shape index (κ2) is 6.53. The zero-order valence-corrected chi connectivity index (χ0v) is 5.67. The van der Waals surface area contributed by atoms with Crippen molar-refractivity contribution in [2.75, 3.05) is 0 Å². The number of rotatable bonds is 0. The van der Waals surface area contributed by atoms with Gasteiger partial charge < -0.3 is 6.15 Å². The molecule has 1 aromatic carbocycles. The molecule has 1 rings (SSSR count). The van der Waals surface area contributed by atoms with Crippen molar-refractivity contribution < 1.29 is 0 Å². The normalized spacial score (nSPS) is 6.00. The molecule has 0 bridgehead atoms. The van der Waals surface area contributed by atoms with Gasteiger partial charge >= 0.3 is 0 Å². The average molecular weight is 129 g/mol. The van der Waals surface area contributed by atoms with E-state index in [0.717, 1.165) is 0 Å². The lowest BCUT2D eigenvalue weighted by atomic mass is 10.4. The van der Waals surface area contributed by atoms with Crippen LogP contribution in [0.4, 0.5) is 0 Å². The predicted octanol–water partition coefficient (Wildman–Crippen LogP) is 1.96. The van der Waals surface area contributed by atoms with E-state index in [9.17, 15) is 0 Å². The fourth-order valence-corrected chi connectivity index (χ4v) is 0.385. The fourth-order valence-electron chi connectivity index (χ4n) is 0.385. The van der Waals surface area contributed by atoms with E-state index in [0.29, 0.717) is 0 Å². The fraction of sp³-hybridized carbons (Fsp3) is 0. The van der Waals surface area contributed by atoms with Crippen molar-refractivity contribution in [2.45, 2.75) is 0 Å². The second-order valence-corrected chi connectivity index (χ2v) is 1.15. The van der Waals surface area contributed by atoms with Crippen LogP contribution < -0.4 is 6.15 Å². The van der Waals surface area contributed by atoms with Crippen molar-refractivity contribution in [1.82, 2.24) is 6.15 Å². The summed E-state index contributed by atoms with van der Waals surface area (Å²) in [4.78, 5) is 0. The van der Waals surface area contributed by atoms with Gasteiger partial charge in [-0.05, 0) is 0 Å². The lowest BCUT2D eigenvalue weighted by Gasteiger charge is -1.69. The van der Waals surface area contributed by atoms with Gasteiger partial charge in [0, 0.05) is 0 Å². The average Bonchev–Trinajstić information content (AvgIpc) is 1.72. The number of hydrogen-bond acceptors (Lipinski definition) is 1. The molecule has 0 spiro atoms. The molecule has 0 fully saturated rings. The molecule has 46 valence electrons. The van der Waals surface area contributed by atoms with Crippen LogP contribution in [0.5, 0.6) is 0 Å². The van der Waals surface area contributed by atoms with E-state index >= 15 is 0 Å². The Hall–Kier alpha value is -0.470. The zero-order chi connectivity index (χ0) is 4.24. The first-order valence-electron chi connectivity index (χ1n) is 2.00. The van der Waals surface area contributed by atoms with Crippen LogP contribution in [0.15, 0.2) is 36.4 Å². The first kappa shape index (κ1) is 10.5. The molecule has 8 heavy (non-hydrogen) atoms. The zero-order valence-electron chi connectivity index (χ0n) is 4.67. The minimum Gasteiger partial charge on any atom is -0.344 e. The molecule has 0 aromatic heterocycles. The van der Waals surface area contributed by atoms with Crippen LogP contribution in [0, 0.1) is 0 Å². The van der Waals surface area contributed by atoms with Gasteiger partial charge in [0.2, 0.25) is 0 Å². The maximum absolute atomic E-state index is 2.00. The maximum Gasteiger partial charge on any atom is -0.0623 e. The van der Waals surface area contributed by atoms with E-state index in [1.165, 1.54) is 0 Å². The molecular formula is C6H11NS. The molecule has 0 aliphatic carbocycles. The van der Waals surface area contributed by atoms with Crippen molar-refractivity contribution in [2.24, 2.45) is 0 Å². The van der Waals surface area contributed by atoms with Gasteiger partial charge in [-0.3, -0.25) is 0 Å². The van der Waals surface area contributed by atoms with Crippen molar-refractivity contribution in [3.05, 3.63) is 36.4 Å². The van der Waals surface area contributed by atoms with Crippen LogP contribution in [0.1, 0.15) is 0 Å². The van der Waals surface area contributed by atoms with Gasteiger partial charge in [0.1, 0.15) is 0 Å². The molecule has 2 heteroatoms. The third-order valence-corrected chi connectivity index (χ3v) is 0.667. The summed E-state index contributed by atoms with van der Waals surface area (Å²) in [6.07, 6.45) is 0. The standard InChI is InChI=1S/C6H6.H3N.H2S/c1-2-4-6-5-3-1;;/h1-6H;1H3;1H2. The van der Waals surface area contributed by atoms with Crippen molar-refractivity contribution in [1.29, 1.82) is 0 Å². The minimum absolute atomic E-state index is 0. The molecule has 0 amide bonds. The Bertz CT molecular complexity index is 80.5. The highest BCUT2D eigenvalue weighted by molar-refractivity contribution is 7.59. The summed E-state index contributed by atoms with van der Waals surface area (Å²) < 4.78 is 0. The summed E-state index contributed by atoms with van der Waals surface area (Å²) in [5.41, 5.74) is 0. The quantitative estimate of drug-likeness (QED) is 0.571. The smallest absolute Gasteiger partial charge is 0.0623 e. The summed E-state index contributed by atoms with van der Waals surface area (Å²) in [7, 11) is 0. The monoisotopic (exact) mass is 129 g/mol. The lowest BCUT2D eigenvalue weighted by Crippen LogP contribution is -1.47. The van der Waals surface area contributed by atoms with Crippen molar-refractivity contribution in [3.63, 3.8) is 0 Å². The van der Waals surface area contributed by atoms with Crippen molar-refractivity contribution >= 4 is 13.5 Å². The Balaban J connectivity index is 0. The van der Waals surface area contributed by atoms with Crippen molar-refractivity contribution in [3.8, 4) is 0 Å². The third-order valence-electron chi connectivity index (χ3n) is 0.667. The van der Waals surface area contributed by atoms with Gasteiger partial charge in [0.25, 0.3) is 0 Å². The summed E-state index contributed by atoms with van der Waals surface area (Å²) in [5.74, 6) is 0. The van der Waals surface area contributed by atoms with Crippen LogP contribution in [-0.4, -0.2) is 0 Å². The molecule has 0 atom stereocenters. The molecule has 0 saturated heterocycles. The Morgan fingerprint density at radius 1 is 0.500 bits per heavy atom. The first-order chi connectivity index (χ1) is 3.00. The Morgan fingerprint density at radius 3 is 0.750 bits per heavy atom. The maximum atomic E-state index is 2.00. The number of benzene rings is 1. The van der Waals surface area contributed by atoms with Gasteiger partial charge in [-0.15, -0.1) is 0 Å². The number of hydrogen-bond donors (Lipinski definition) is 1. The van der Waals surface area contributed by atoms with Gasteiger partial charge in [-0.2, -0.15) is 13.5 Å². The highest BCUT2D eigenvalue weighted by Gasteiger charge is 1.57. The molecule has 1 aromatic rings. The molecule has 1 nitrogen and oxygen atoms in total. The highest BCUT2D eigenvalue weighted by atomic mass is 32.1. The molecule has 0 saturated carbocycles. The summed E-state index contributed by atoms with van der Waals surface area (Å²) in [5, 5.41) is 0. The van der Waals surface area contributed by atoms with E-state index in [1.54, 1.807) is 0 Å². The Morgan fingerprint density at radius 2 is 0.625 bits per heavy atom. The molecular weight excluding hydrogens is 118 g/mol. The SMILES string of the molecule is N.S.c1ccccc1. The van der Waals surface area contributed by atoms with Gasteiger partial charge in [-0.1, -0.05) is 36.4 Å². The van der Waals surface area contributed by atoms with Crippen LogP contribution in [-0.2, 0) is 0 Å². The first-order valence-corrected chi connectivity index (χ1v) is 2.00. The molecule has 0 heterocycles. The molecule has 0 radical (unpaired) electrons. The Kier molecular flexibility index (Phi) is 8.57. The van der Waals surface area contributed by atoms with Gasteiger partial charge in [-0.25, -0.2) is 0 Å². The third kappa shape index (κ3) is 3.71. The van der Waals surface area contributed by atoms with Gasteiger partial charge in [0.05, 0.1) is 0 Å². The van der Waals surface area contributed by atoms with Crippen LogP contribution in [0.2, 0.25) is 0 Å². The molecule has 0 aliphatic rings. The van der Waals surface area contributed by atoms with E-state index in [-0.39, 0.29) is 19.6 Å². The largest absolute Gasteiger partial charge is 0.344 e. The van der Waals surface area contributed by atoms with E-state index in [4.69, 9.17) is 0 Å².